The first-order valence-electron chi connectivity index (χ1n) is 9.87. The van der Waals surface area contributed by atoms with Crippen molar-refractivity contribution >= 4 is 17.5 Å². The SMILES string of the molecule is CC(C)N1C[C@@]23C=C[C@@H](O2)[C@@H](C(=O)Nc2ccc(Cn4cncn4)cc2)[C@@H]3C1=O. The topological polar surface area (TPSA) is 89.3 Å². The zero-order chi connectivity index (χ0) is 20.2. The van der Waals surface area contributed by atoms with Crippen LogP contribution in [0.5, 0.6) is 0 Å². The van der Waals surface area contributed by atoms with Gasteiger partial charge in [-0.3, -0.25) is 9.59 Å². The minimum Gasteiger partial charge on any atom is -0.360 e. The molecule has 0 saturated carbocycles. The summed E-state index contributed by atoms with van der Waals surface area (Å²) in [7, 11) is 0. The van der Waals surface area contributed by atoms with Crippen molar-refractivity contribution in [3.63, 3.8) is 0 Å². The summed E-state index contributed by atoms with van der Waals surface area (Å²) in [5, 5.41) is 7.06. The highest BCUT2D eigenvalue weighted by molar-refractivity contribution is 5.99. The second-order valence-electron chi connectivity index (χ2n) is 8.24. The largest absolute Gasteiger partial charge is 0.360 e. The van der Waals surface area contributed by atoms with Gasteiger partial charge in [-0.2, -0.15) is 5.10 Å². The van der Waals surface area contributed by atoms with Crippen molar-refractivity contribution in [1.29, 1.82) is 0 Å². The maximum Gasteiger partial charge on any atom is 0.231 e. The van der Waals surface area contributed by atoms with E-state index in [2.05, 4.69) is 15.4 Å². The molecule has 3 aliphatic rings. The number of carbonyl (C=O) groups excluding carboxylic acids is 2. The lowest BCUT2D eigenvalue weighted by atomic mass is 9.76. The van der Waals surface area contributed by atoms with Gasteiger partial charge in [-0.1, -0.05) is 24.3 Å². The number of hydrogen-bond donors (Lipinski definition) is 1. The first kappa shape index (κ1) is 18.1. The number of rotatable bonds is 5. The van der Waals surface area contributed by atoms with E-state index in [1.165, 1.54) is 6.33 Å². The fourth-order valence-electron chi connectivity index (χ4n) is 4.69. The molecule has 0 aliphatic carbocycles. The predicted octanol–water partition coefficient (Wildman–Crippen LogP) is 1.46. The van der Waals surface area contributed by atoms with Gasteiger partial charge in [0.15, 0.2) is 0 Å². The Labute approximate surface area is 168 Å². The van der Waals surface area contributed by atoms with Crippen molar-refractivity contribution in [3.8, 4) is 0 Å². The molecular formula is C21H23N5O3. The Morgan fingerprint density at radius 1 is 1.34 bits per heavy atom. The van der Waals surface area contributed by atoms with Crippen molar-refractivity contribution < 1.29 is 14.3 Å². The van der Waals surface area contributed by atoms with E-state index in [0.717, 1.165) is 5.56 Å². The van der Waals surface area contributed by atoms with Crippen LogP contribution < -0.4 is 5.32 Å². The first-order chi connectivity index (χ1) is 14.0. The summed E-state index contributed by atoms with van der Waals surface area (Å²) in [6.07, 6.45) is 6.72. The number of likely N-dealkylation sites (tertiary alicyclic amines) is 1. The smallest absolute Gasteiger partial charge is 0.231 e. The van der Waals surface area contributed by atoms with Crippen LogP contribution in [0.25, 0.3) is 0 Å². The van der Waals surface area contributed by atoms with Crippen molar-refractivity contribution in [3.05, 3.63) is 54.6 Å². The van der Waals surface area contributed by atoms with Gasteiger partial charge in [-0.05, 0) is 31.5 Å². The molecule has 1 spiro atoms. The van der Waals surface area contributed by atoms with Crippen LogP contribution in [0.3, 0.4) is 0 Å². The summed E-state index contributed by atoms with van der Waals surface area (Å²) in [5.41, 5.74) is 1.09. The van der Waals surface area contributed by atoms with Crippen LogP contribution in [0, 0.1) is 11.8 Å². The molecule has 8 heteroatoms. The molecule has 8 nitrogen and oxygen atoms in total. The second kappa shape index (κ2) is 6.52. The molecule has 1 N–H and O–H groups in total. The molecule has 2 saturated heterocycles. The Morgan fingerprint density at radius 2 is 2.14 bits per heavy atom. The maximum absolute atomic E-state index is 13.1. The molecule has 3 aliphatic heterocycles. The molecule has 5 rings (SSSR count). The molecule has 29 heavy (non-hydrogen) atoms. The van der Waals surface area contributed by atoms with Gasteiger partial charge in [0.05, 0.1) is 31.0 Å². The molecule has 4 atom stereocenters. The highest BCUT2D eigenvalue weighted by Crippen LogP contribution is 2.52. The molecule has 4 heterocycles. The van der Waals surface area contributed by atoms with Crippen LogP contribution in [0.2, 0.25) is 0 Å². The van der Waals surface area contributed by atoms with Crippen molar-refractivity contribution in [2.24, 2.45) is 11.8 Å². The van der Waals surface area contributed by atoms with Crippen LogP contribution in [-0.4, -0.2) is 55.8 Å². The standard InChI is InChI=1S/C21H23N5O3/c1-13(2)26-10-21-8-7-16(29-21)17(18(21)20(26)28)19(27)24-15-5-3-14(4-6-15)9-25-12-22-11-23-25/h3-8,11-13,16-18H,9-10H2,1-2H3,(H,24,27)/t16-,17-,18-,21-/m1/s1. The van der Waals surface area contributed by atoms with Crippen LogP contribution in [-0.2, 0) is 20.9 Å². The van der Waals surface area contributed by atoms with Crippen LogP contribution in [0.15, 0.2) is 49.1 Å². The van der Waals surface area contributed by atoms with Crippen molar-refractivity contribution in [2.45, 2.75) is 38.1 Å². The third kappa shape index (κ3) is 2.86. The lowest BCUT2D eigenvalue weighted by Gasteiger charge is -2.24. The summed E-state index contributed by atoms with van der Waals surface area (Å²) in [6.45, 7) is 5.10. The van der Waals surface area contributed by atoms with Gasteiger partial charge in [-0.25, -0.2) is 9.67 Å². The van der Waals surface area contributed by atoms with Gasteiger partial charge >= 0.3 is 0 Å². The number of ether oxygens (including phenoxy) is 1. The quantitative estimate of drug-likeness (QED) is 0.777. The number of carbonyl (C=O) groups is 2. The van der Waals surface area contributed by atoms with Gasteiger partial charge in [0.1, 0.15) is 18.3 Å². The average Bonchev–Trinajstić information content (AvgIpc) is 3.45. The summed E-state index contributed by atoms with van der Waals surface area (Å²) < 4.78 is 7.87. The van der Waals surface area contributed by atoms with Crippen molar-refractivity contribution in [1.82, 2.24) is 19.7 Å². The normalized spacial score (nSPS) is 29.7. The maximum atomic E-state index is 13.1. The van der Waals surface area contributed by atoms with Crippen LogP contribution in [0.4, 0.5) is 5.69 Å². The van der Waals surface area contributed by atoms with Crippen molar-refractivity contribution in [2.75, 3.05) is 11.9 Å². The molecule has 1 aromatic carbocycles. The van der Waals surface area contributed by atoms with E-state index >= 15 is 0 Å². The number of nitrogens with zero attached hydrogens (tertiary/aromatic N) is 4. The molecule has 0 unspecified atom stereocenters. The minimum absolute atomic E-state index is 0.00943. The molecule has 1 aromatic heterocycles. The van der Waals surface area contributed by atoms with E-state index in [4.69, 9.17) is 4.74 Å². The fraction of sp³-hybridized carbons (Fsp3) is 0.429. The lowest BCUT2D eigenvalue weighted by molar-refractivity contribution is -0.136. The summed E-state index contributed by atoms with van der Waals surface area (Å²) in [5.74, 6) is -1.12. The second-order valence-corrected chi connectivity index (χ2v) is 8.24. The monoisotopic (exact) mass is 393 g/mol. The van der Waals surface area contributed by atoms with Gasteiger partial charge < -0.3 is 15.0 Å². The summed E-state index contributed by atoms with van der Waals surface area (Å²) in [6, 6.07) is 7.69. The number of aromatic nitrogens is 3. The molecule has 2 fully saturated rings. The van der Waals surface area contributed by atoms with Gasteiger partial charge in [0.2, 0.25) is 11.8 Å². The molecule has 0 radical (unpaired) electrons. The Kier molecular flexibility index (Phi) is 4.06. The third-order valence-corrected chi connectivity index (χ3v) is 6.09. The zero-order valence-electron chi connectivity index (χ0n) is 16.4. The number of anilines is 1. The highest BCUT2D eigenvalue weighted by atomic mass is 16.5. The molecule has 2 bridgehead atoms. The Morgan fingerprint density at radius 3 is 2.83 bits per heavy atom. The zero-order valence-corrected chi connectivity index (χ0v) is 16.4. The van der Waals surface area contributed by atoms with E-state index in [0.29, 0.717) is 18.8 Å². The van der Waals surface area contributed by atoms with Gasteiger partial charge in [0, 0.05) is 11.7 Å². The van der Waals surface area contributed by atoms with E-state index < -0.39 is 17.4 Å². The Bertz CT molecular complexity index is 969. The molecular weight excluding hydrogens is 370 g/mol. The molecule has 150 valence electrons. The van der Waals surface area contributed by atoms with Crippen LogP contribution >= 0.6 is 0 Å². The fourth-order valence-corrected chi connectivity index (χ4v) is 4.69. The number of fused-ring (bicyclic) bond motifs is 1. The average molecular weight is 393 g/mol. The number of hydrogen-bond acceptors (Lipinski definition) is 5. The number of amides is 2. The number of benzene rings is 1. The van der Waals surface area contributed by atoms with Crippen LogP contribution in [0.1, 0.15) is 19.4 Å². The molecule has 2 aromatic rings. The molecule has 2 amide bonds. The summed E-state index contributed by atoms with van der Waals surface area (Å²) in [4.78, 5) is 31.8. The van der Waals surface area contributed by atoms with Gasteiger partial charge in [-0.15, -0.1) is 0 Å². The predicted molar refractivity (Wildman–Crippen MR) is 105 cm³/mol. The summed E-state index contributed by atoms with van der Waals surface area (Å²) >= 11 is 0. The number of nitrogens with one attached hydrogen (secondary N) is 1. The van der Waals surface area contributed by atoms with E-state index in [-0.39, 0.29) is 24.0 Å². The van der Waals surface area contributed by atoms with Gasteiger partial charge in [0.25, 0.3) is 0 Å². The lowest BCUT2D eigenvalue weighted by Crippen LogP contribution is -2.42. The highest BCUT2D eigenvalue weighted by Gasteiger charge is 2.67. The first-order valence-corrected chi connectivity index (χ1v) is 9.87. The van der Waals surface area contributed by atoms with E-state index in [9.17, 15) is 9.59 Å². The minimum atomic E-state index is -0.657. The Hall–Kier alpha value is -3.00. The third-order valence-electron chi connectivity index (χ3n) is 6.09. The van der Waals surface area contributed by atoms with E-state index in [1.54, 1.807) is 11.0 Å². The Balaban J connectivity index is 1.31. The van der Waals surface area contributed by atoms with E-state index in [1.807, 2.05) is 55.2 Å².